The number of hydrogen-bond donors (Lipinski definition) is 0. The third-order valence-electron chi connectivity index (χ3n) is 7.53. The minimum absolute atomic E-state index is 0.570. The second kappa shape index (κ2) is 25.6. The highest BCUT2D eigenvalue weighted by Gasteiger charge is 2.13. The lowest BCUT2D eigenvalue weighted by Crippen LogP contribution is -2.31. The van der Waals surface area contributed by atoms with Crippen LogP contribution in [-0.2, 0) is 37.9 Å². The van der Waals surface area contributed by atoms with E-state index in [0.29, 0.717) is 106 Å². The lowest BCUT2D eigenvalue weighted by atomic mass is 10.1. The summed E-state index contributed by atoms with van der Waals surface area (Å²) < 4.78 is 47.3. The van der Waals surface area contributed by atoms with Gasteiger partial charge >= 0.3 is 0 Å². The molecule has 2 fully saturated rings. The fourth-order valence-electron chi connectivity index (χ4n) is 4.88. The smallest absolute Gasteiger partial charge is 0.200 e. The standard InChI is InChI=1S/C37H53N4O8/c1(2-12-38-34-4-8-36(9-5-34)40-14-18-42-22-26-46-30-31-47-27-23-43-19-15-40)3-13-39-35-6-10-37(11-7-35)41-16-20-44-24-28-48-32-33-49-29-25-45-21-17-41/h1-13H,14-33H2/q+1. The summed E-state index contributed by atoms with van der Waals surface area (Å²) >= 11 is 0. The van der Waals surface area contributed by atoms with Crippen LogP contribution in [0.1, 0.15) is 0 Å². The molecule has 0 bridgehead atoms. The normalized spacial score (nSPS) is 21.5. The summed E-state index contributed by atoms with van der Waals surface area (Å²) in [6.07, 6.45) is 17.4. The van der Waals surface area contributed by atoms with Crippen LogP contribution in [0.4, 0.5) is 11.4 Å². The largest absolute Gasteiger partial charge is 0.377 e. The van der Waals surface area contributed by atoms with E-state index in [-0.39, 0.29) is 0 Å². The van der Waals surface area contributed by atoms with Gasteiger partial charge in [-0.3, -0.25) is 9.98 Å². The summed E-state index contributed by atoms with van der Waals surface area (Å²) in [5.41, 5.74) is 3.96. The second-order valence-electron chi connectivity index (χ2n) is 11.0. The Balaban J connectivity index is 1.21. The molecule has 0 aromatic heterocycles. The minimum Gasteiger partial charge on any atom is -0.377 e. The van der Waals surface area contributed by atoms with Gasteiger partial charge in [0.2, 0.25) is 0 Å². The van der Waals surface area contributed by atoms with E-state index in [4.69, 9.17) is 37.9 Å². The van der Waals surface area contributed by atoms with E-state index in [2.05, 4.69) is 43.7 Å². The Morgan fingerprint density at radius 1 is 0.510 bits per heavy atom. The predicted octanol–water partition coefficient (Wildman–Crippen LogP) is 3.45. The molecule has 1 aromatic rings. The molecule has 3 aliphatic rings. The van der Waals surface area contributed by atoms with Crippen LogP contribution in [0.5, 0.6) is 0 Å². The van der Waals surface area contributed by atoms with Gasteiger partial charge in [0.25, 0.3) is 0 Å². The first kappa shape index (κ1) is 38.5. The zero-order valence-corrected chi connectivity index (χ0v) is 28.7. The maximum atomic E-state index is 5.75. The molecule has 0 unspecified atom stereocenters. The highest BCUT2D eigenvalue weighted by atomic mass is 16.6. The number of allylic oxidation sites excluding steroid dienone is 7. The van der Waals surface area contributed by atoms with Gasteiger partial charge in [-0.1, -0.05) is 6.08 Å². The third kappa shape index (κ3) is 17.2. The minimum atomic E-state index is 0.570. The number of aliphatic imine (C=N–C) groups is 2. The topological polar surface area (TPSA) is 105 Å². The Labute approximate surface area is 291 Å². The molecular formula is C37H53N4O8+. The Hall–Kier alpha value is -3.33. The van der Waals surface area contributed by atoms with Gasteiger partial charge in [0, 0.05) is 43.3 Å². The number of nitrogens with zero attached hydrogens (tertiary/aromatic N) is 4. The Morgan fingerprint density at radius 3 is 1.49 bits per heavy atom. The monoisotopic (exact) mass is 681 g/mol. The quantitative estimate of drug-likeness (QED) is 0.200. The number of benzene rings is 1. The van der Waals surface area contributed by atoms with Crippen molar-refractivity contribution >= 4 is 29.0 Å². The van der Waals surface area contributed by atoms with Crippen LogP contribution in [0.15, 0.2) is 83.0 Å². The molecule has 0 radical (unpaired) electrons. The predicted molar refractivity (Wildman–Crippen MR) is 192 cm³/mol. The molecule has 49 heavy (non-hydrogen) atoms. The van der Waals surface area contributed by atoms with Crippen molar-refractivity contribution in [2.24, 2.45) is 9.98 Å². The van der Waals surface area contributed by atoms with Crippen molar-refractivity contribution in [1.82, 2.24) is 0 Å². The number of anilines is 1. The molecule has 12 nitrogen and oxygen atoms in total. The first-order valence-corrected chi connectivity index (χ1v) is 17.3. The van der Waals surface area contributed by atoms with Crippen molar-refractivity contribution in [3.8, 4) is 0 Å². The zero-order valence-electron chi connectivity index (χ0n) is 28.7. The molecule has 0 atom stereocenters. The van der Waals surface area contributed by atoms with Crippen LogP contribution in [0.3, 0.4) is 0 Å². The fraction of sp³-hybridized carbons (Fsp3) is 0.541. The molecule has 268 valence electrons. The van der Waals surface area contributed by atoms with E-state index in [1.165, 1.54) is 0 Å². The molecule has 2 saturated heterocycles. The summed E-state index contributed by atoms with van der Waals surface area (Å²) in [5.74, 6) is 0. The van der Waals surface area contributed by atoms with Crippen LogP contribution in [0, 0.1) is 0 Å². The Kier molecular flexibility index (Phi) is 20.1. The highest BCUT2D eigenvalue weighted by molar-refractivity contribution is 6.17. The second-order valence-corrected chi connectivity index (χ2v) is 11.0. The third-order valence-corrected chi connectivity index (χ3v) is 7.53. The molecule has 0 spiro atoms. The van der Waals surface area contributed by atoms with E-state index in [9.17, 15) is 0 Å². The maximum Gasteiger partial charge on any atom is 0.200 e. The number of ether oxygens (including phenoxy) is 8. The van der Waals surface area contributed by atoms with Crippen LogP contribution >= 0.6 is 0 Å². The molecule has 12 heteroatoms. The van der Waals surface area contributed by atoms with Crippen LogP contribution in [-0.4, -0.2) is 154 Å². The van der Waals surface area contributed by atoms with Crippen LogP contribution in [0.25, 0.3) is 0 Å². The highest BCUT2D eigenvalue weighted by Crippen LogP contribution is 2.19. The number of rotatable bonds is 5. The first-order valence-electron chi connectivity index (χ1n) is 17.3. The van der Waals surface area contributed by atoms with Gasteiger partial charge in [0.15, 0.2) is 18.8 Å². The Bertz CT molecular complexity index is 1210. The van der Waals surface area contributed by atoms with Crippen molar-refractivity contribution < 1.29 is 42.5 Å². The lowest BCUT2D eigenvalue weighted by Gasteiger charge is -2.25. The van der Waals surface area contributed by atoms with Crippen molar-refractivity contribution in [1.29, 1.82) is 0 Å². The van der Waals surface area contributed by atoms with Gasteiger partial charge in [-0.15, -0.1) is 0 Å². The van der Waals surface area contributed by atoms with E-state index in [1.807, 2.05) is 42.5 Å². The summed E-state index contributed by atoms with van der Waals surface area (Å²) in [5, 5.41) is 0. The maximum absolute atomic E-state index is 5.75. The SMILES string of the molecule is C(=CC=Nc1ccc(N2CCOCCOCCOCCOCC2)cc1)C=CN=C1C=CC(=[N+]2CCOCCOCCOCCOCC2)C=C1. The van der Waals surface area contributed by atoms with Crippen molar-refractivity contribution in [3.63, 3.8) is 0 Å². The van der Waals surface area contributed by atoms with Gasteiger partial charge in [-0.05, 0) is 48.6 Å². The summed E-state index contributed by atoms with van der Waals surface area (Å²) in [7, 11) is 0. The molecule has 2 aliphatic heterocycles. The average molecular weight is 682 g/mol. The zero-order chi connectivity index (χ0) is 33.9. The molecular weight excluding hydrogens is 628 g/mol. The average Bonchev–Trinajstić information content (AvgIpc) is 3.15. The molecule has 1 aromatic carbocycles. The van der Waals surface area contributed by atoms with Crippen molar-refractivity contribution in [2.45, 2.75) is 0 Å². The van der Waals surface area contributed by atoms with E-state index < -0.39 is 0 Å². The van der Waals surface area contributed by atoms with Gasteiger partial charge in [0.1, 0.15) is 13.2 Å². The number of hydrogen-bond acceptors (Lipinski definition) is 11. The first-order chi connectivity index (χ1) is 24.4. The van der Waals surface area contributed by atoms with Crippen molar-refractivity contribution in [3.05, 3.63) is 73.0 Å². The van der Waals surface area contributed by atoms with E-state index >= 15 is 0 Å². The van der Waals surface area contributed by atoms with Gasteiger partial charge in [-0.25, -0.2) is 4.58 Å². The van der Waals surface area contributed by atoms with E-state index in [1.54, 1.807) is 12.4 Å². The molecule has 0 N–H and O–H groups in total. The molecule has 2 heterocycles. The van der Waals surface area contributed by atoms with Gasteiger partial charge in [0.05, 0.1) is 104 Å². The van der Waals surface area contributed by atoms with Crippen LogP contribution < -0.4 is 4.90 Å². The van der Waals surface area contributed by atoms with Crippen molar-refractivity contribution in [2.75, 3.05) is 137 Å². The molecule has 1 aliphatic carbocycles. The van der Waals surface area contributed by atoms with Gasteiger partial charge < -0.3 is 42.8 Å². The molecule has 0 amide bonds. The molecule has 4 rings (SSSR count). The van der Waals surface area contributed by atoms with Crippen LogP contribution in [0.2, 0.25) is 0 Å². The lowest BCUT2D eigenvalue weighted by molar-refractivity contribution is -0.532. The Morgan fingerprint density at radius 2 is 0.980 bits per heavy atom. The van der Waals surface area contributed by atoms with E-state index in [0.717, 1.165) is 49.0 Å². The van der Waals surface area contributed by atoms with Gasteiger partial charge in [-0.2, -0.15) is 0 Å². The molecule has 0 saturated carbocycles. The summed E-state index contributed by atoms with van der Waals surface area (Å²) in [6, 6.07) is 8.19. The fourth-order valence-corrected chi connectivity index (χ4v) is 4.88. The summed E-state index contributed by atoms with van der Waals surface area (Å²) in [4.78, 5) is 11.4. The summed E-state index contributed by atoms with van der Waals surface area (Å²) in [6.45, 7) is 12.4.